The highest BCUT2D eigenvalue weighted by Gasteiger charge is 2.45. The summed E-state index contributed by atoms with van der Waals surface area (Å²) in [6, 6.07) is 79.1. The molecule has 13 rings (SSSR count). The van der Waals surface area contributed by atoms with Crippen LogP contribution in [0.5, 0.6) is 0 Å². The zero-order valence-electron chi connectivity index (χ0n) is 50.9. The van der Waals surface area contributed by atoms with E-state index in [1.165, 1.54) is 99.9 Å². The molecule has 2 aliphatic heterocycles. The van der Waals surface area contributed by atoms with Crippen LogP contribution in [-0.4, -0.2) is 11.3 Å². The second-order valence-corrected chi connectivity index (χ2v) is 26.8. The van der Waals surface area contributed by atoms with Gasteiger partial charge in [-0.25, -0.2) is 0 Å². The van der Waals surface area contributed by atoms with Gasteiger partial charge in [0.25, 0.3) is 6.71 Å². The summed E-state index contributed by atoms with van der Waals surface area (Å²) in [4.78, 5) is 10.1. The first-order valence-corrected chi connectivity index (χ1v) is 29.7. The molecule has 3 heterocycles. The number of benzene rings is 10. The van der Waals surface area contributed by atoms with Crippen molar-refractivity contribution in [3.8, 4) is 0 Å². The Hall–Kier alpha value is -8.74. The van der Waals surface area contributed by atoms with Crippen LogP contribution < -0.4 is 36.0 Å². The molecule has 0 N–H and O–H groups in total. The molecular weight excluding hydrogens is 1010 g/mol. The van der Waals surface area contributed by atoms with Gasteiger partial charge in [-0.3, -0.25) is 0 Å². The smallest absolute Gasteiger partial charge is 0.252 e. The quantitative estimate of drug-likeness (QED) is 0.141. The number of para-hydroxylation sites is 1. The summed E-state index contributed by atoms with van der Waals surface area (Å²) in [5, 5.41) is 2.44. The maximum absolute atomic E-state index is 2.64. The van der Waals surface area contributed by atoms with E-state index >= 15 is 0 Å². The van der Waals surface area contributed by atoms with Crippen LogP contribution in [0.4, 0.5) is 68.2 Å². The molecule has 6 heteroatoms. The van der Waals surface area contributed by atoms with E-state index in [2.05, 4.69) is 327 Å². The van der Waals surface area contributed by atoms with Gasteiger partial charge in [0, 0.05) is 85.9 Å². The molecule has 5 nitrogen and oxygen atoms in total. The lowest BCUT2D eigenvalue weighted by atomic mass is 9.33. The molecule has 0 saturated heterocycles. The second kappa shape index (κ2) is 19.7. The minimum Gasteiger partial charge on any atom is -0.342 e. The van der Waals surface area contributed by atoms with Crippen molar-refractivity contribution in [3.05, 3.63) is 245 Å². The van der Waals surface area contributed by atoms with Crippen LogP contribution in [0.15, 0.2) is 206 Å². The van der Waals surface area contributed by atoms with E-state index in [1.54, 1.807) is 0 Å². The van der Waals surface area contributed by atoms with Crippen molar-refractivity contribution < 1.29 is 0 Å². The number of fused-ring (bicyclic) bond motifs is 7. The number of rotatable bonds is 8. The van der Waals surface area contributed by atoms with Gasteiger partial charge < -0.3 is 24.2 Å². The molecule has 0 saturated carbocycles. The van der Waals surface area contributed by atoms with E-state index in [4.69, 9.17) is 0 Å². The Bertz CT molecular complexity index is 4210. The van der Waals surface area contributed by atoms with Gasteiger partial charge in [-0.2, -0.15) is 0 Å². The molecule has 11 aromatic rings. The Morgan fingerprint density at radius 3 is 1.34 bits per heavy atom. The zero-order valence-corrected chi connectivity index (χ0v) is 50.9. The largest absolute Gasteiger partial charge is 0.342 e. The van der Waals surface area contributed by atoms with Crippen LogP contribution in [0.3, 0.4) is 0 Å². The Balaban J connectivity index is 1.14. The van der Waals surface area contributed by atoms with Crippen LogP contribution >= 0.6 is 0 Å². The fourth-order valence-electron chi connectivity index (χ4n) is 12.9. The Morgan fingerprint density at radius 1 is 0.349 bits per heavy atom. The lowest BCUT2D eigenvalue weighted by Gasteiger charge is -2.46. The third-order valence-corrected chi connectivity index (χ3v) is 17.7. The van der Waals surface area contributed by atoms with E-state index in [0.717, 1.165) is 45.5 Å². The molecule has 10 aromatic carbocycles. The van der Waals surface area contributed by atoms with Gasteiger partial charge >= 0.3 is 0 Å². The fraction of sp³-hybridized carbons (Fsp3) is 0.221. The first-order chi connectivity index (χ1) is 39.6. The minimum absolute atomic E-state index is 0.0159. The molecule has 0 bridgehead atoms. The minimum atomic E-state index is -0.209. The predicted octanol–water partition coefficient (Wildman–Crippen LogP) is 19.5. The van der Waals surface area contributed by atoms with Crippen molar-refractivity contribution in [2.45, 2.75) is 106 Å². The van der Waals surface area contributed by atoms with Crippen LogP contribution in [-0.2, 0) is 23.3 Å². The van der Waals surface area contributed by atoms with E-state index in [1.807, 2.05) is 0 Å². The molecule has 0 fully saturated rings. The summed E-state index contributed by atoms with van der Waals surface area (Å²) >= 11 is 0. The molecule has 2 aliphatic rings. The SMILES string of the molecule is Cc1ccc(N(c2ccc(C)cc2)c2ccc3c(c2)N(c2ccc(C(C)(C)C)cc2)c2cc(C(C)(C)C)cc4c2B3c2cc(C(C)(C)C)ccc2N4c2cc(N(c3ccc(C)cc3)c3ccc(C)cc3)c3c(c2)c2ccccc2n3C)cc1. The number of aryl methyl sites for hydroxylation is 5. The highest BCUT2D eigenvalue weighted by Crippen LogP contribution is 2.51. The average molecular weight is 1080 g/mol. The molecule has 0 amide bonds. The predicted molar refractivity (Wildman–Crippen MR) is 359 cm³/mol. The lowest BCUT2D eigenvalue weighted by molar-refractivity contribution is 0.590. The molecule has 0 atom stereocenters. The van der Waals surface area contributed by atoms with Crippen molar-refractivity contribution in [2.75, 3.05) is 19.6 Å². The molecule has 412 valence electrons. The van der Waals surface area contributed by atoms with Crippen molar-refractivity contribution in [2.24, 2.45) is 7.05 Å². The summed E-state index contributed by atoms with van der Waals surface area (Å²) in [6.45, 7) is 29.7. The van der Waals surface area contributed by atoms with Gasteiger partial charge in [0.1, 0.15) is 0 Å². The van der Waals surface area contributed by atoms with Crippen molar-refractivity contribution in [1.29, 1.82) is 0 Å². The summed E-state index contributed by atoms with van der Waals surface area (Å²) in [6.07, 6.45) is 0. The van der Waals surface area contributed by atoms with Gasteiger partial charge in [-0.05, 0) is 186 Å². The summed E-state index contributed by atoms with van der Waals surface area (Å²) < 4.78 is 2.41. The van der Waals surface area contributed by atoms with Crippen molar-refractivity contribution in [1.82, 2.24) is 4.57 Å². The van der Waals surface area contributed by atoms with Crippen molar-refractivity contribution >= 4 is 113 Å². The molecule has 0 spiro atoms. The normalized spacial score (nSPS) is 13.1. The third kappa shape index (κ3) is 9.28. The number of hydrogen-bond donors (Lipinski definition) is 0. The molecule has 83 heavy (non-hydrogen) atoms. The molecule has 0 aliphatic carbocycles. The Kier molecular flexibility index (Phi) is 12.7. The van der Waals surface area contributed by atoms with E-state index in [0.29, 0.717) is 0 Å². The van der Waals surface area contributed by atoms with Gasteiger partial charge in [0.15, 0.2) is 0 Å². The van der Waals surface area contributed by atoms with Crippen LogP contribution in [0.2, 0.25) is 0 Å². The summed E-state index contributed by atoms with van der Waals surface area (Å²) in [5.74, 6) is 0. The Morgan fingerprint density at radius 2 is 0.819 bits per heavy atom. The van der Waals surface area contributed by atoms with Crippen molar-refractivity contribution in [3.63, 3.8) is 0 Å². The number of nitrogens with zero attached hydrogens (tertiary/aromatic N) is 5. The van der Waals surface area contributed by atoms with Crippen LogP contribution in [0.25, 0.3) is 21.8 Å². The monoisotopic (exact) mass is 1080 g/mol. The number of hydrogen-bond acceptors (Lipinski definition) is 4. The first kappa shape index (κ1) is 53.6. The number of anilines is 12. The highest BCUT2D eigenvalue weighted by atomic mass is 15.2. The topological polar surface area (TPSA) is 17.9 Å². The average Bonchev–Trinajstić information content (AvgIpc) is 1.43. The van der Waals surface area contributed by atoms with Gasteiger partial charge in [-0.15, -0.1) is 0 Å². The van der Waals surface area contributed by atoms with Gasteiger partial charge in [0.2, 0.25) is 0 Å². The molecule has 0 unspecified atom stereocenters. The summed E-state index contributed by atoms with van der Waals surface area (Å²) in [5.41, 5.74) is 28.4. The third-order valence-electron chi connectivity index (χ3n) is 17.7. The van der Waals surface area contributed by atoms with Crippen LogP contribution in [0.1, 0.15) is 101 Å². The lowest BCUT2D eigenvalue weighted by Crippen LogP contribution is -2.61. The summed E-state index contributed by atoms with van der Waals surface area (Å²) in [7, 11) is 2.24. The fourth-order valence-corrected chi connectivity index (χ4v) is 12.9. The van der Waals surface area contributed by atoms with E-state index in [9.17, 15) is 0 Å². The molecule has 0 radical (unpaired) electrons. The standard InChI is InChI=1S/C77H76BN5/c1-49-19-30-56(31-20-49)80(57-32-21-50(2)22-33-57)61-40-41-65-69(47-61)82(60-38-27-53(28-39-60)75(5,6)7)70-44-55(77(11,12)13)45-71-73(70)78(65)66-43-54(76(8,9)10)29-42-68(66)83(71)62-46-64-63-17-15-16-18-67(63)79(14)74(64)72(48-62)81(58-34-23-51(3)24-35-58)59-36-25-52(4)26-37-59/h15-48H,1-14H3. The second-order valence-electron chi connectivity index (χ2n) is 26.8. The maximum atomic E-state index is 2.64. The van der Waals surface area contributed by atoms with Gasteiger partial charge in [-0.1, -0.05) is 182 Å². The highest BCUT2D eigenvalue weighted by molar-refractivity contribution is 7.00. The van der Waals surface area contributed by atoms with Gasteiger partial charge in [0.05, 0.1) is 11.2 Å². The van der Waals surface area contributed by atoms with Crippen LogP contribution in [0, 0.1) is 27.7 Å². The maximum Gasteiger partial charge on any atom is 0.252 e. The van der Waals surface area contributed by atoms with E-state index < -0.39 is 0 Å². The molecular formula is C77H76BN5. The first-order valence-electron chi connectivity index (χ1n) is 29.7. The van der Waals surface area contributed by atoms with E-state index in [-0.39, 0.29) is 23.0 Å². The number of aromatic nitrogens is 1. The zero-order chi connectivity index (χ0) is 58.0. The Labute approximate surface area is 493 Å². The molecule has 1 aromatic heterocycles.